The van der Waals surface area contributed by atoms with Crippen molar-refractivity contribution >= 4 is 10.1 Å². The molecule has 0 unspecified atom stereocenters. The third-order valence-corrected chi connectivity index (χ3v) is 2.94. The van der Waals surface area contributed by atoms with Gasteiger partial charge in [-0.05, 0) is 12.8 Å². The molecule has 1 aliphatic carbocycles. The summed E-state index contributed by atoms with van der Waals surface area (Å²) in [6.45, 7) is 0. The van der Waals surface area contributed by atoms with E-state index in [0.717, 1.165) is 12.8 Å². The molecule has 0 bridgehead atoms. The molecule has 1 fully saturated rings. The number of hydrogen-bond acceptors (Lipinski definition) is 3. The van der Waals surface area contributed by atoms with Crippen LogP contribution in [0, 0.1) is 0 Å². The van der Waals surface area contributed by atoms with Gasteiger partial charge in [0.25, 0.3) is 0 Å². The second kappa shape index (κ2) is 3.45. The third-order valence-electron chi connectivity index (χ3n) is 1.85. The molecule has 0 spiro atoms. The van der Waals surface area contributed by atoms with Crippen LogP contribution < -0.4 is 0 Å². The molecule has 0 amide bonds. The van der Waals surface area contributed by atoms with E-state index in [2.05, 4.69) is 4.18 Å². The van der Waals surface area contributed by atoms with E-state index in [0.29, 0.717) is 12.8 Å². The van der Waals surface area contributed by atoms with Crippen molar-refractivity contribution in [2.45, 2.75) is 37.3 Å². The minimum absolute atomic E-state index is 0.384. The first-order chi connectivity index (χ1) is 5.83. The summed E-state index contributed by atoms with van der Waals surface area (Å²) in [4.78, 5) is 0. The maximum absolute atomic E-state index is 11.8. The predicted octanol–water partition coefficient (Wildman–Crippen LogP) is 1.80. The third kappa shape index (κ3) is 2.57. The van der Waals surface area contributed by atoms with E-state index < -0.39 is 21.7 Å². The van der Waals surface area contributed by atoms with Crippen LogP contribution in [0.3, 0.4) is 0 Å². The SMILES string of the molecule is O=S(=O)(OC1CCCC1)C(F)(F)F. The smallest absolute Gasteiger partial charge is 0.260 e. The first kappa shape index (κ1) is 10.8. The lowest BCUT2D eigenvalue weighted by molar-refractivity contribution is -0.0571. The van der Waals surface area contributed by atoms with Gasteiger partial charge in [0.1, 0.15) is 0 Å². The van der Waals surface area contributed by atoms with Crippen LogP contribution in [0.5, 0.6) is 0 Å². The fourth-order valence-corrected chi connectivity index (χ4v) is 1.88. The predicted molar refractivity (Wildman–Crippen MR) is 38.3 cm³/mol. The van der Waals surface area contributed by atoms with Crippen molar-refractivity contribution in [3.8, 4) is 0 Å². The second-order valence-electron chi connectivity index (χ2n) is 2.90. The summed E-state index contributed by atoms with van der Waals surface area (Å²) in [6, 6.07) is 0. The van der Waals surface area contributed by atoms with Gasteiger partial charge in [-0.15, -0.1) is 0 Å². The summed E-state index contributed by atoms with van der Waals surface area (Å²) in [7, 11) is -5.38. The van der Waals surface area contributed by atoms with E-state index in [1.807, 2.05) is 0 Å². The Kier molecular flexibility index (Phi) is 2.86. The highest BCUT2D eigenvalue weighted by atomic mass is 32.2. The van der Waals surface area contributed by atoms with E-state index in [9.17, 15) is 21.6 Å². The molecule has 3 nitrogen and oxygen atoms in total. The van der Waals surface area contributed by atoms with Crippen LogP contribution in [-0.4, -0.2) is 20.0 Å². The van der Waals surface area contributed by atoms with Crippen LogP contribution in [-0.2, 0) is 14.3 Å². The van der Waals surface area contributed by atoms with Crippen molar-refractivity contribution in [3.63, 3.8) is 0 Å². The summed E-state index contributed by atoms with van der Waals surface area (Å²) in [5.41, 5.74) is -5.30. The summed E-state index contributed by atoms with van der Waals surface area (Å²) < 4.78 is 60.3. The van der Waals surface area contributed by atoms with E-state index >= 15 is 0 Å². The average Bonchev–Trinajstić information content (AvgIpc) is 2.35. The number of halogens is 3. The van der Waals surface area contributed by atoms with Crippen molar-refractivity contribution in [1.82, 2.24) is 0 Å². The molecule has 0 heterocycles. The molecule has 0 saturated heterocycles. The molecular formula is C6H9F3O3S. The van der Waals surface area contributed by atoms with Gasteiger partial charge in [0, 0.05) is 0 Å². The van der Waals surface area contributed by atoms with Gasteiger partial charge in [-0.2, -0.15) is 21.6 Å². The van der Waals surface area contributed by atoms with E-state index in [1.54, 1.807) is 0 Å². The molecule has 1 saturated carbocycles. The van der Waals surface area contributed by atoms with Gasteiger partial charge in [0.05, 0.1) is 6.10 Å². The van der Waals surface area contributed by atoms with E-state index in [4.69, 9.17) is 0 Å². The lowest BCUT2D eigenvalue weighted by Gasteiger charge is -2.12. The molecule has 0 aliphatic heterocycles. The molecule has 0 aromatic heterocycles. The largest absolute Gasteiger partial charge is 0.523 e. The van der Waals surface area contributed by atoms with Crippen LogP contribution >= 0.6 is 0 Å². The first-order valence-electron chi connectivity index (χ1n) is 3.82. The summed E-state index contributed by atoms with van der Waals surface area (Å²) in [5, 5.41) is 0. The van der Waals surface area contributed by atoms with Gasteiger partial charge in [0.2, 0.25) is 0 Å². The minimum atomic E-state index is -5.38. The summed E-state index contributed by atoms with van der Waals surface area (Å²) in [5.74, 6) is 0. The van der Waals surface area contributed by atoms with Gasteiger partial charge in [-0.1, -0.05) is 12.8 Å². The van der Waals surface area contributed by atoms with Gasteiger partial charge >= 0.3 is 15.6 Å². The molecule has 1 aliphatic rings. The Bertz CT molecular complexity index is 263. The van der Waals surface area contributed by atoms with Crippen molar-refractivity contribution in [3.05, 3.63) is 0 Å². The van der Waals surface area contributed by atoms with Crippen LogP contribution in [0.2, 0.25) is 0 Å². The van der Waals surface area contributed by atoms with Crippen LogP contribution in [0.4, 0.5) is 13.2 Å². The van der Waals surface area contributed by atoms with Crippen LogP contribution in [0.15, 0.2) is 0 Å². The Morgan fingerprint density at radius 2 is 1.62 bits per heavy atom. The number of alkyl halides is 3. The van der Waals surface area contributed by atoms with Gasteiger partial charge in [-0.3, -0.25) is 4.18 Å². The lowest BCUT2D eigenvalue weighted by atomic mass is 10.3. The molecule has 7 heteroatoms. The maximum atomic E-state index is 11.8. The Labute approximate surface area is 74.0 Å². The fourth-order valence-electron chi connectivity index (χ4n) is 1.22. The topological polar surface area (TPSA) is 43.4 Å². The minimum Gasteiger partial charge on any atom is -0.260 e. The van der Waals surface area contributed by atoms with Gasteiger partial charge in [-0.25, -0.2) is 0 Å². The average molecular weight is 218 g/mol. The highest BCUT2D eigenvalue weighted by Crippen LogP contribution is 2.30. The molecule has 0 radical (unpaired) electrons. The second-order valence-corrected chi connectivity index (χ2v) is 4.47. The Balaban J connectivity index is 2.62. The van der Waals surface area contributed by atoms with Gasteiger partial charge < -0.3 is 0 Å². The Morgan fingerprint density at radius 1 is 1.15 bits per heavy atom. The number of hydrogen-bond donors (Lipinski definition) is 0. The molecule has 1 rings (SSSR count). The molecule has 0 atom stereocenters. The van der Waals surface area contributed by atoms with Crippen molar-refractivity contribution in [2.24, 2.45) is 0 Å². The molecular weight excluding hydrogens is 209 g/mol. The Hall–Kier alpha value is -0.300. The van der Waals surface area contributed by atoms with Crippen molar-refractivity contribution < 1.29 is 25.8 Å². The van der Waals surface area contributed by atoms with Crippen LogP contribution in [0.25, 0.3) is 0 Å². The monoisotopic (exact) mass is 218 g/mol. The van der Waals surface area contributed by atoms with Crippen molar-refractivity contribution in [1.29, 1.82) is 0 Å². The highest BCUT2D eigenvalue weighted by molar-refractivity contribution is 7.87. The zero-order chi connectivity index (χ0) is 10.1. The normalized spacial score (nSPS) is 20.8. The van der Waals surface area contributed by atoms with Crippen LogP contribution in [0.1, 0.15) is 25.7 Å². The summed E-state index contributed by atoms with van der Waals surface area (Å²) >= 11 is 0. The standard InChI is InChI=1S/C6H9F3O3S/c7-6(8,9)13(10,11)12-5-3-1-2-4-5/h5H,1-4H2. The highest BCUT2D eigenvalue weighted by Gasteiger charge is 2.48. The lowest BCUT2D eigenvalue weighted by Crippen LogP contribution is -2.28. The molecule has 0 aromatic carbocycles. The number of rotatable bonds is 2. The van der Waals surface area contributed by atoms with E-state index in [-0.39, 0.29) is 0 Å². The van der Waals surface area contributed by atoms with E-state index in [1.165, 1.54) is 0 Å². The maximum Gasteiger partial charge on any atom is 0.523 e. The zero-order valence-electron chi connectivity index (χ0n) is 6.67. The quantitative estimate of drug-likeness (QED) is 0.524. The fraction of sp³-hybridized carbons (Fsp3) is 1.00. The molecule has 13 heavy (non-hydrogen) atoms. The summed E-state index contributed by atoms with van der Waals surface area (Å²) in [6.07, 6.45) is 1.42. The van der Waals surface area contributed by atoms with Crippen molar-refractivity contribution in [2.75, 3.05) is 0 Å². The first-order valence-corrected chi connectivity index (χ1v) is 5.23. The molecule has 0 aromatic rings. The Morgan fingerprint density at radius 3 is 2.00 bits per heavy atom. The van der Waals surface area contributed by atoms with Gasteiger partial charge in [0.15, 0.2) is 0 Å². The zero-order valence-corrected chi connectivity index (χ0v) is 7.49. The molecule has 78 valence electrons. The molecule has 0 N–H and O–H groups in total.